The molecular formula is C15H13N3O3. The molecule has 0 bridgehead atoms. The number of benzene rings is 2. The van der Waals surface area contributed by atoms with Crippen molar-refractivity contribution in [2.24, 2.45) is 0 Å². The lowest BCUT2D eigenvalue weighted by atomic mass is 10.1. The van der Waals surface area contributed by atoms with Crippen LogP contribution in [0.15, 0.2) is 48.7 Å². The van der Waals surface area contributed by atoms with Crippen molar-refractivity contribution < 1.29 is 10.0 Å². The van der Waals surface area contributed by atoms with Crippen molar-refractivity contribution in [1.82, 2.24) is 4.98 Å². The van der Waals surface area contributed by atoms with Crippen molar-refractivity contribution in [3.8, 4) is 5.75 Å². The first-order valence-electron chi connectivity index (χ1n) is 6.41. The fourth-order valence-electron chi connectivity index (χ4n) is 2.22. The van der Waals surface area contributed by atoms with E-state index in [9.17, 15) is 15.2 Å². The predicted octanol–water partition coefficient (Wildman–Crippen LogP) is 3.39. The summed E-state index contributed by atoms with van der Waals surface area (Å²) >= 11 is 0. The van der Waals surface area contributed by atoms with Crippen LogP contribution in [0.2, 0.25) is 0 Å². The minimum atomic E-state index is -0.518. The third-order valence-corrected chi connectivity index (χ3v) is 3.28. The zero-order valence-electron chi connectivity index (χ0n) is 11.0. The Hall–Kier alpha value is -3.02. The monoisotopic (exact) mass is 283 g/mol. The first kappa shape index (κ1) is 13.0. The van der Waals surface area contributed by atoms with E-state index in [0.29, 0.717) is 12.2 Å². The standard InChI is InChI=1S/C15H13N3O3/c19-12-3-4-13(15(8-12)18(20)21)17-9-10-1-2-11-5-6-16-14(11)7-10/h1-8,16-17,19H,9H2. The van der Waals surface area contributed by atoms with E-state index in [1.807, 2.05) is 30.5 Å². The van der Waals surface area contributed by atoms with Gasteiger partial charge in [0.05, 0.1) is 11.0 Å². The van der Waals surface area contributed by atoms with Gasteiger partial charge in [-0.2, -0.15) is 0 Å². The number of nitrogens with zero attached hydrogens (tertiary/aromatic N) is 1. The highest BCUT2D eigenvalue weighted by atomic mass is 16.6. The number of nitro benzene ring substituents is 1. The number of phenolic OH excluding ortho intramolecular Hbond substituents is 1. The molecule has 21 heavy (non-hydrogen) atoms. The zero-order chi connectivity index (χ0) is 14.8. The topological polar surface area (TPSA) is 91.2 Å². The van der Waals surface area contributed by atoms with Crippen LogP contribution in [0.25, 0.3) is 10.9 Å². The van der Waals surface area contributed by atoms with Crippen LogP contribution in [0.3, 0.4) is 0 Å². The Bertz CT molecular complexity index is 811. The van der Waals surface area contributed by atoms with E-state index in [1.54, 1.807) is 0 Å². The van der Waals surface area contributed by atoms with E-state index >= 15 is 0 Å². The number of phenols is 1. The van der Waals surface area contributed by atoms with Gasteiger partial charge in [-0.3, -0.25) is 10.1 Å². The molecule has 6 heteroatoms. The summed E-state index contributed by atoms with van der Waals surface area (Å²) in [4.78, 5) is 13.6. The van der Waals surface area contributed by atoms with E-state index in [2.05, 4.69) is 10.3 Å². The number of aromatic hydroxyl groups is 1. The fourth-order valence-corrected chi connectivity index (χ4v) is 2.22. The quantitative estimate of drug-likeness (QED) is 0.389. The second-order valence-corrected chi connectivity index (χ2v) is 4.71. The third kappa shape index (κ3) is 2.64. The smallest absolute Gasteiger partial charge is 0.296 e. The molecule has 2 aromatic carbocycles. The normalized spacial score (nSPS) is 10.7. The Morgan fingerprint density at radius 1 is 1.19 bits per heavy atom. The minimum absolute atomic E-state index is 0.125. The van der Waals surface area contributed by atoms with Crippen LogP contribution in [-0.4, -0.2) is 15.0 Å². The van der Waals surface area contributed by atoms with Crippen LogP contribution in [0.5, 0.6) is 5.75 Å². The maximum absolute atomic E-state index is 11.0. The highest BCUT2D eigenvalue weighted by molar-refractivity contribution is 5.80. The average molecular weight is 283 g/mol. The maximum atomic E-state index is 11.0. The molecule has 1 aromatic heterocycles. The molecule has 0 fully saturated rings. The highest BCUT2D eigenvalue weighted by Crippen LogP contribution is 2.28. The molecule has 3 N–H and O–H groups in total. The van der Waals surface area contributed by atoms with Crippen molar-refractivity contribution in [2.45, 2.75) is 6.54 Å². The fraction of sp³-hybridized carbons (Fsp3) is 0.0667. The van der Waals surface area contributed by atoms with E-state index in [0.717, 1.165) is 22.5 Å². The lowest BCUT2D eigenvalue weighted by molar-refractivity contribution is -0.384. The van der Waals surface area contributed by atoms with Crippen LogP contribution in [-0.2, 0) is 6.54 Å². The van der Waals surface area contributed by atoms with Crippen LogP contribution >= 0.6 is 0 Å². The summed E-state index contributed by atoms with van der Waals surface area (Å²) in [6.07, 6.45) is 1.87. The summed E-state index contributed by atoms with van der Waals surface area (Å²) < 4.78 is 0. The Balaban J connectivity index is 1.82. The van der Waals surface area contributed by atoms with E-state index in [4.69, 9.17) is 0 Å². The van der Waals surface area contributed by atoms with Gasteiger partial charge in [-0.1, -0.05) is 12.1 Å². The van der Waals surface area contributed by atoms with Crippen LogP contribution in [0.4, 0.5) is 11.4 Å². The van der Waals surface area contributed by atoms with Gasteiger partial charge in [0, 0.05) is 18.3 Å². The summed E-state index contributed by atoms with van der Waals surface area (Å²) in [5.74, 6) is -0.125. The lowest BCUT2D eigenvalue weighted by Crippen LogP contribution is -2.02. The molecule has 1 heterocycles. The number of fused-ring (bicyclic) bond motifs is 1. The third-order valence-electron chi connectivity index (χ3n) is 3.28. The van der Waals surface area contributed by atoms with Gasteiger partial charge in [0.15, 0.2) is 0 Å². The second kappa shape index (κ2) is 5.16. The van der Waals surface area contributed by atoms with Gasteiger partial charge in [0.1, 0.15) is 11.4 Å². The van der Waals surface area contributed by atoms with Gasteiger partial charge in [0.2, 0.25) is 0 Å². The first-order chi connectivity index (χ1) is 10.1. The molecule has 0 radical (unpaired) electrons. The molecule has 0 aliphatic rings. The molecule has 0 aliphatic carbocycles. The summed E-state index contributed by atoms with van der Waals surface area (Å²) in [5.41, 5.74) is 2.27. The Morgan fingerprint density at radius 3 is 2.86 bits per heavy atom. The zero-order valence-corrected chi connectivity index (χ0v) is 11.0. The van der Waals surface area contributed by atoms with Crippen molar-refractivity contribution >= 4 is 22.3 Å². The molecule has 3 aromatic rings. The van der Waals surface area contributed by atoms with Crippen LogP contribution in [0, 0.1) is 10.1 Å². The first-order valence-corrected chi connectivity index (χ1v) is 6.41. The largest absolute Gasteiger partial charge is 0.508 e. The number of H-pyrrole nitrogens is 1. The molecular weight excluding hydrogens is 270 g/mol. The van der Waals surface area contributed by atoms with Gasteiger partial charge in [-0.25, -0.2) is 0 Å². The summed E-state index contributed by atoms with van der Waals surface area (Å²) in [5, 5.41) is 24.5. The number of nitrogens with one attached hydrogen (secondary N) is 2. The van der Waals surface area contributed by atoms with Gasteiger partial charge < -0.3 is 15.4 Å². The van der Waals surface area contributed by atoms with Gasteiger partial charge in [-0.05, 0) is 35.2 Å². The Kier molecular flexibility index (Phi) is 3.19. The molecule has 6 nitrogen and oxygen atoms in total. The van der Waals surface area contributed by atoms with Crippen LogP contribution < -0.4 is 5.32 Å². The number of anilines is 1. The number of nitro groups is 1. The van der Waals surface area contributed by atoms with Crippen LogP contribution in [0.1, 0.15) is 5.56 Å². The predicted molar refractivity (Wildman–Crippen MR) is 80.4 cm³/mol. The molecule has 0 saturated heterocycles. The summed E-state index contributed by atoms with van der Waals surface area (Å²) in [6.45, 7) is 0.459. The SMILES string of the molecule is O=[N+]([O-])c1cc(O)ccc1NCc1ccc2cc[nH]c2c1. The maximum Gasteiger partial charge on any atom is 0.296 e. The summed E-state index contributed by atoms with van der Waals surface area (Å²) in [6, 6.07) is 12.0. The lowest BCUT2D eigenvalue weighted by Gasteiger charge is -2.08. The number of rotatable bonds is 4. The Morgan fingerprint density at radius 2 is 2.05 bits per heavy atom. The van der Waals surface area contributed by atoms with E-state index in [-0.39, 0.29) is 11.4 Å². The van der Waals surface area contributed by atoms with E-state index < -0.39 is 4.92 Å². The van der Waals surface area contributed by atoms with Crippen molar-refractivity contribution in [3.05, 3.63) is 64.3 Å². The Labute approximate surface area is 120 Å². The van der Waals surface area contributed by atoms with Crippen molar-refractivity contribution in [2.75, 3.05) is 5.32 Å². The van der Waals surface area contributed by atoms with E-state index in [1.165, 1.54) is 12.1 Å². The average Bonchev–Trinajstić information content (AvgIpc) is 2.93. The molecule has 0 amide bonds. The minimum Gasteiger partial charge on any atom is -0.508 e. The van der Waals surface area contributed by atoms with Gasteiger partial charge in [0.25, 0.3) is 5.69 Å². The number of hydrogen-bond donors (Lipinski definition) is 3. The van der Waals surface area contributed by atoms with Crippen molar-refractivity contribution in [1.29, 1.82) is 0 Å². The molecule has 0 atom stereocenters. The molecule has 106 valence electrons. The number of hydrogen-bond acceptors (Lipinski definition) is 4. The number of aromatic amines is 1. The molecule has 3 rings (SSSR count). The summed E-state index contributed by atoms with van der Waals surface area (Å²) in [7, 11) is 0. The molecule has 0 saturated carbocycles. The molecule has 0 unspecified atom stereocenters. The molecule has 0 spiro atoms. The number of aromatic nitrogens is 1. The highest BCUT2D eigenvalue weighted by Gasteiger charge is 2.14. The van der Waals surface area contributed by atoms with Crippen molar-refractivity contribution in [3.63, 3.8) is 0 Å². The second-order valence-electron chi connectivity index (χ2n) is 4.71. The van der Waals surface area contributed by atoms with Gasteiger partial charge >= 0.3 is 0 Å². The van der Waals surface area contributed by atoms with Gasteiger partial charge in [-0.15, -0.1) is 0 Å². The molecule has 0 aliphatic heterocycles.